The Kier molecular flexibility index (Phi) is 3.79. The molecular formula is C11H17O4P. The molecule has 90 valence electrons. The molecule has 4 nitrogen and oxygen atoms in total. The first kappa shape index (κ1) is 13.2. The van der Waals surface area contributed by atoms with Crippen molar-refractivity contribution in [1.82, 2.24) is 0 Å². The van der Waals surface area contributed by atoms with Crippen molar-refractivity contribution in [3.8, 4) is 5.75 Å². The lowest BCUT2D eigenvalue weighted by Gasteiger charge is -2.20. The summed E-state index contributed by atoms with van der Waals surface area (Å²) in [6.45, 7) is 6.17. The summed E-state index contributed by atoms with van der Waals surface area (Å²) in [5.74, 6) is 0.333. The molecule has 1 rings (SSSR count). The van der Waals surface area contributed by atoms with Crippen molar-refractivity contribution >= 4 is 7.82 Å². The average molecular weight is 244 g/mol. The van der Waals surface area contributed by atoms with Crippen LogP contribution in [0.4, 0.5) is 0 Å². The fourth-order valence-corrected chi connectivity index (χ4v) is 1.64. The molecule has 0 bridgehead atoms. The maximum Gasteiger partial charge on any atom is 0.527 e. The minimum absolute atomic E-state index is 0.0358. The van der Waals surface area contributed by atoms with E-state index in [4.69, 9.17) is 4.52 Å². The highest BCUT2D eigenvalue weighted by atomic mass is 31.2. The lowest BCUT2D eigenvalue weighted by Crippen LogP contribution is -2.10. The summed E-state index contributed by atoms with van der Waals surface area (Å²) in [4.78, 5) is 9.18. The third-order valence-electron chi connectivity index (χ3n) is 2.15. The Morgan fingerprint density at radius 2 is 1.94 bits per heavy atom. The molecule has 1 N–H and O–H groups in total. The van der Waals surface area contributed by atoms with E-state index < -0.39 is 7.82 Å². The number of hydrogen-bond acceptors (Lipinski definition) is 3. The Morgan fingerprint density at radius 3 is 2.44 bits per heavy atom. The molecule has 0 spiro atoms. The molecule has 0 aromatic heterocycles. The van der Waals surface area contributed by atoms with Gasteiger partial charge in [-0.3, -0.25) is 9.42 Å². The Balaban J connectivity index is 2.96. The van der Waals surface area contributed by atoms with E-state index in [-0.39, 0.29) is 5.41 Å². The van der Waals surface area contributed by atoms with Crippen LogP contribution in [0.15, 0.2) is 24.3 Å². The Labute approximate surface area is 95.8 Å². The van der Waals surface area contributed by atoms with Crippen LogP contribution >= 0.6 is 7.82 Å². The summed E-state index contributed by atoms with van der Waals surface area (Å²) in [5.41, 5.74) is 0.993. The summed E-state index contributed by atoms with van der Waals surface area (Å²) >= 11 is 0. The summed E-state index contributed by atoms with van der Waals surface area (Å²) < 4.78 is 20.5. The van der Waals surface area contributed by atoms with Crippen molar-refractivity contribution in [3.05, 3.63) is 29.8 Å². The van der Waals surface area contributed by atoms with Crippen molar-refractivity contribution in [2.45, 2.75) is 26.2 Å². The lowest BCUT2D eigenvalue weighted by molar-refractivity contribution is 0.242. The first-order valence-corrected chi connectivity index (χ1v) is 6.43. The van der Waals surface area contributed by atoms with Crippen LogP contribution in [0.5, 0.6) is 5.75 Å². The SMILES string of the molecule is COP(=O)(O)Oc1cccc(C(C)(C)C)c1. The summed E-state index contributed by atoms with van der Waals surface area (Å²) in [6, 6.07) is 7.09. The molecule has 0 aliphatic carbocycles. The maximum atomic E-state index is 11.2. The number of phosphoric acid groups is 1. The van der Waals surface area contributed by atoms with Crippen LogP contribution in [0.2, 0.25) is 0 Å². The van der Waals surface area contributed by atoms with E-state index in [9.17, 15) is 9.46 Å². The van der Waals surface area contributed by atoms with Crippen LogP contribution in [0.1, 0.15) is 26.3 Å². The normalized spacial score (nSPS) is 15.6. The van der Waals surface area contributed by atoms with Gasteiger partial charge in [0, 0.05) is 7.11 Å². The molecule has 1 atom stereocenters. The molecule has 1 aromatic carbocycles. The molecule has 0 aliphatic heterocycles. The second kappa shape index (κ2) is 4.58. The molecule has 0 radical (unpaired) electrons. The van der Waals surface area contributed by atoms with E-state index in [1.165, 1.54) is 0 Å². The zero-order valence-electron chi connectivity index (χ0n) is 9.93. The van der Waals surface area contributed by atoms with Crippen molar-refractivity contribution in [3.63, 3.8) is 0 Å². The molecule has 0 amide bonds. The second-order valence-corrected chi connectivity index (χ2v) is 6.01. The van der Waals surface area contributed by atoms with Gasteiger partial charge in [0.15, 0.2) is 0 Å². The van der Waals surface area contributed by atoms with Gasteiger partial charge in [0.05, 0.1) is 0 Å². The molecular weight excluding hydrogens is 227 g/mol. The van der Waals surface area contributed by atoms with Crippen LogP contribution in [-0.4, -0.2) is 12.0 Å². The van der Waals surface area contributed by atoms with Gasteiger partial charge in [-0.2, -0.15) is 0 Å². The molecule has 16 heavy (non-hydrogen) atoms. The zero-order valence-corrected chi connectivity index (χ0v) is 10.8. The molecule has 0 heterocycles. The maximum absolute atomic E-state index is 11.2. The number of hydrogen-bond donors (Lipinski definition) is 1. The largest absolute Gasteiger partial charge is 0.527 e. The fraction of sp³-hybridized carbons (Fsp3) is 0.455. The van der Waals surface area contributed by atoms with E-state index >= 15 is 0 Å². The smallest absolute Gasteiger partial charge is 0.404 e. The Morgan fingerprint density at radius 1 is 1.31 bits per heavy atom. The highest BCUT2D eigenvalue weighted by molar-refractivity contribution is 7.47. The fourth-order valence-electron chi connectivity index (χ4n) is 1.19. The van der Waals surface area contributed by atoms with Gasteiger partial charge in [0.2, 0.25) is 0 Å². The number of benzene rings is 1. The van der Waals surface area contributed by atoms with Crippen molar-refractivity contribution < 1.29 is 18.5 Å². The number of phosphoric ester groups is 1. The van der Waals surface area contributed by atoms with Gasteiger partial charge in [-0.25, -0.2) is 4.57 Å². The van der Waals surface area contributed by atoms with Crippen LogP contribution < -0.4 is 4.52 Å². The molecule has 0 fully saturated rings. The lowest BCUT2D eigenvalue weighted by atomic mass is 9.87. The van der Waals surface area contributed by atoms with Crippen molar-refractivity contribution in [2.75, 3.05) is 7.11 Å². The van der Waals surface area contributed by atoms with Crippen LogP contribution in [0.3, 0.4) is 0 Å². The molecule has 5 heteroatoms. The van der Waals surface area contributed by atoms with Gasteiger partial charge in [-0.15, -0.1) is 0 Å². The van der Waals surface area contributed by atoms with Gasteiger partial charge in [0.1, 0.15) is 5.75 Å². The Hall–Kier alpha value is -0.830. The van der Waals surface area contributed by atoms with Crippen molar-refractivity contribution in [1.29, 1.82) is 0 Å². The summed E-state index contributed by atoms with van der Waals surface area (Å²) in [6.07, 6.45) is 0. The summed E-state index contributed by atoms with van der Waals surface area (Å²) in [5, 5.41) is 0. The van der Waals surface area contributed by atoms with Gasteiger partial charge in [0.25, 0.3) is 0 Å². The van der Waals surface area contributed by atoms with Crippen LogP contribution in [-0.2, 0) is 14.5 Å². The minimum atomic E-state index is -3.97. The highest BCUT2D eigenvalue weighted by Gasteiger charge is 2.21. The van der Waals surface area contributed by atoms with E-state index in [0.717, 1.165) is 12.7 Å². The third-order valence-corrected chi connectivity index (χ3v) is 3.05. The zero-order chi connectivity index (χ0) is 12.4. The van der Waals surface area contributed by atoms with Crippen LogP contribution in [0, 0.1) is 0 Å². The van der Waals surface area contributed by atoms with E-state index in [2.05, 4.69) is 25.3 Å². The van der Waals surface area contributed by atoms with E-state index in [1.54, 1.807) is 18.2 Å². The third kappa shape index (κ3) is 3.63. The predicted molar refractivity (Wildman–Crippen MR) is 62.6 cm³/mol. The highest BCUT2D eigenvalue weighted by Crippen LogP contribution is 2.43. The average Bonchev–Trinajstić information content (AvgIpc) is 2.16. The number of rotatable bonds is 3. The van der Waals surface area contributed by atoms with Gasteiger partial charge >= 0.3 is 7.82 Å². The molecule has 1 unspecified atom stereocenters. The molecule has 0 saturated heterocycles. The van der Waals surface area contributed by atoms with E-state index in [1.807, 2.05) is 6.07 Å². The predicted octanol–water partition coefficient (Wildman–Crippen LogP) is 3.11. The standard InChI is InChI=1S/C11H17O4P/c1-11(2,3)9-6-5-7-10(8-9)15-16(12,13)14-4/h5-8H,1-4H3,(H,12,13). The minimum Gasteiger partial charge on any atom is -0.404 e. The summed E-state index contributed by atoms with van der Waals surface area (Å²) in [7, 11) is -2.83. The van der Waals surface area contributed by atoms with Crippen LogP contribution in [0.25, 0.3) is 0 Å². The monoisotopic (exact) mass is 244 g/mol. The Bertz CT molecular complexity index is 409. The topological polar surface area (TPSA) is 55.8 Å². The first-order chi connectivity index (χ1) is 7.24. The molecule has 1 aromatic rings. The first-order valence-electron chi connectivity index (χ1n) is 4.93. The molecule has 0 saturated carbocycles. The van der Waals surface area contributed by atoms with Crippen molar-refractivity contribution in [2.24, 2.45) is 0 Å². The molecule has 0 aliphatic rings. The van der Waals surface area contributed by atoms with Gasteiger partial charge in [-0.1, -0.05) is 32.9 Å². The van der Waals surface area contributed by atoms with Gasteiger partial charge < -0.3 is 4.52 Å². The van der Waals surface area contributed by atoms with Gasteiger partial charge in [-0.05, 0) is 23.1 Å². The van der Waals surface area contributed by atoms with E-state index in [0.29, 0.717) is 5.75 Å². The second-order valence-electron chi connectivity index (χ2n) is 4.52. The quantitative estimate of drug-likeness (QED) is 0.830.